The van der Waals surface area contributed by atoms with Crippen molar-refractivity contribution < 1.29 is 52.7 Å². The minimum atomic E-state index is -5.05. The number of ether oxygens (including phenoxy) is 2. The second-order valence-electron chi connectivity index (χ2n) is 7.51. The summed E-state index contributed by atoms with van der Waals surface area (Å²) in [6.07, 6.45) is 1.29. The highest BCUT2D eigenvalue weighted by atomic mass is 31.3. The minimum Gasteiger partial charge on any atom is -0.394 e. The molecule has 0 saturated carbocycles. The van der Waals surface area contributed by atoms with Crippen LogP contribution in [0, 0.1) is 0 Å². The standard InChI is InChI=1S/C15H21N7O5.H4O7P2/c1-19-7-21(14-10(24)11(26-2)8(5-23)27-14)12-9(19)13(25)22(15(16)18-12)20-4-3-17-6-20;1-8(2,3)7-9(4,5)6/h3-4,6,8,10-11,14,23-24H,5,7H2,1-2H3,(H2,16,18);(H2,1,2,3)(H2,4,5,6)/t8-,10-,11-,14-;/m1./s1. The maximum absolute atomic E-state index is 13.0. The van der Waals surface area contributed by atoms with E-state index in [0.29, 0.717) is 11.5 Å². The number of fused-ring (bicyclic) bond motifs is 1. The molecule has 1 fully saturated rings. The molecule has 0 radical (unpaired) electrons. The van der Waals surface area contributed by atoms with E-state index in [1.165, 1.54) is 29.0 Å². The summed E-state index contributed by atoms with van der Waals surface area (Å²) < 4.78 is 35.9. The first-order valence-electron chi connectivity index (χ1n) is 9.87. The number of imidazole rings is 1. The highest BCUT2D eigenvalue weighted by Gasteiger charge is 2.49. The Morgan fingerprint density at radius 3 is 2.33 bits per heavy atom. The Morgan fingerprint density at radius 2 is 1.89 bits per heavy atom. The number of aromatic nitrogens is 4. The Hall–Kier alpha value is -2.41. The van der Waals surface area contributed by atoms with Gasteiger partial charge in [0, 0.05) is 26.6 Å². The van der Waals surface area contributed by atoms with Crippen molar-refractivity contribution in [1.82, 2.24) is 19.3 Å². The van der Waals surface area contributed by atoms with Crippen LogP contribution >= 0.6 is 15.6 Å². The normalized spacial score (nSPS) is 24.0. The van der Waals surface area contributed by atoms with Gasteiger partial charge < -0.3 is 54.8 Å². The van der Waals surface area contributed by atoms with Gasteiger partial charge in [0.15, 0.2) is 12.0 Å². The van der Waals surface area contributed by atoms with Gasteiger partial charge in [-0.25, -0.2) is 18.8 Å². The summed E-state index contributed by atoms with van der Waals surface area (Å²) in [6.45, 7) is -0.0539. The fourth-order valence-corrected chi connectivity index (χ4v) is 4.87. The molecule has 2 aliphatic heterocycles. The monoisotopic (exact) mass is 557 g/mol. The topological polar surface area (TPSA) is 268 Å². The molecular weight excluding hydrogens is 532 g/mol. The molecule has 21 heteroatoms. The minimum absolute atomic E-state index is 0.0356. The van der Waals surface area contributed by atoms with Gasteiger partial charge in [-0.15, -0.1) is 0 Å². The molecule has 19 nitrogen and oxygen atoms in total. The van der Waals surface area contributed by atoms with Crippen molar-refractivity contribution in [2.75, 3.05) is 43.0 Å². The number of nitrogen functional groups attached to an aromatic ring is 1. The van der Waals surface area contributed by atoms with E-state index in [9.17, 15) is 24.1 Å². The first-order valence-corrected chi connectivity index (χ1v) is 12.9. The molecule has 0 bridgehead atoms. The van der Waals surface area contributed by atoms with Crippen molar-refractivity contribution >= 4 is 33.1 Å². The zero-order valence-corrected chi connectivity index (χ0v) is 20.5. The average Bonchev–Trinajstić information content (AvgIpc) is 3.44. The Kier molecular flexibility index (Phi) is 8.23. The number of nitrogens with zero attached hydrogens (tertiary/aromatic N) is 6. The van der Waals surface area contributed by atoms with Gasteiger partial charge in [0.05, 0.1) is 13.3 Å². The Bertz CT molecular complexity index is 1190. The molecular formula is C15H25N7O12P2. The van der Waals surface area contributed by atoms with Gasteiger partial charge in [-0.2, -0.15) is 14.0 Å². The Labute approximate surface area is 202 Å². The largest absolute Gasteiger partial charge is 0.478 e. The summed E-state index contributed by atoms with van der Waals surface area (Å²) in [6, 6.07) is 0. The number of phosphoric acid groups is 2. The molecule has 202 valence electrons. The first kappa shape index (κ1) is 28.2. The summed E-state index contributed by atoms with van der Waals surface area (Å²) in [5.74, 6) is 0.264. The van der Waals surface area contributed by atoms with Crippen LogP contribution in [0.5, 0.6) is 0 Å². The van der Waals surface area contributed by atoms with E-state index in [1.807, 2.05) is 0 Å². The Balaban J connectivity index is 0.000000345. The number of anilines is 3. The fourth-order valence-electron chi connectivity index (χ4n) is 3.76. The lowest BCUT2D eigenvalue weighted by Crippen LogP contribution is -2.46. The van der Waals surface area contributed by atoms with Crippen molar-refractivity contribution in [1.29, 1.82) is 0 Å². The molecule has 2 aromatic heterocycles. The van der Waals surface area contributed by atoms with Gasteiger partial charge in [0.25, 0.3) is 5.56 Å². The van der Waals surface area contributed by atoms with E-state index in [-0.39, 0.29) is 24.8 Å². The van der Waals surface area contributed by atoms with Crippen LogP contribution < -0.4 is 21.1 Å². The molecule has 0 aliphatic carbocycles. The number of nitrogens with two attached hydrogens (primary N) is 1. The number of hydrogen-bond donors (Lipinski definition) is 7. The van der Waals surface area contributed by atoms with E-state index in [0.717, 1.165) is 0 Å². The number of hydrogen-bond acceptors (Lipinski definition) is 13. The molecule has 0 spiro atoms. The van der Waals surface area contributed by atoms with Crippen LogP contribution in [0.3, 0.4) is 0 Å². The average molecular weight is 557 g/mol. The van der Waals surface area contributed by atoms with Crippen molar-refractivity contribution in [2.45, 2.75) is 24.5 Å². The molecule has 4 rings (SSSR count). The highest BCUT2D eigenvalue weighted by Crippen LogP contribution is 2.53. The molecule has 2 aromatic rings. The number of aliphatic hydroxyl groups is 2. The zero-order valence-electron chi connectivity index (χ0n) is 18.7. The van der Waals surface area contributed by atoms with Crippen LogP contribution in [-0.4, -0.2) is 101 Å². The van der Waals surface area contributed by atoms with Gasteiger partial charge in [-0.1, -0.05) is 0 Å². The van der Waals surface area contributed by atoms with Gasteiger partial charge >= 0.3 is 15.6 Å². The summed E-state index contributed by atoms with van der Waals surface area (Å²) >= 11 is 0. The van der Waals surface area contributed by atoms with Crippen LogP contribution in [0.1, 0.15) is 0 Å². The molecule has 8 N–H and O–H groups in total. The van der Waals surface area contributed by atoms with Crippen LogP contribution in [0.15, 0.2) is 23.5 Å². The van der Waals surface area contributed by atoms with E-state index < -0.39 is 40.2 Å². The smallest absolute Gasteiger partial charge is 0.394 e. The van der Waals surface area contributed by atoms with Gasteiger partial charge in [0.2, 0.25) is 5.95 Å². The quantitative estimate of drug-likeness (QED) is 0.173. The fraction of sp³-hybridized carbons (Fsp3) is 0.533. The lowest BCUT2D eigenvalue weighted by Gasteiger charge is -2.27. The molecule has 4 heterocycles. The molecule has 1 saturated heterocycles. The van der Waals surface area contributed by atoms with Crippen molar-refractivity contribution in [3.63, 3.8) is 0 Å². The number of methoxy groups -OCH3 is 1. The molecule has 0 aromatic carbocycles. The molecule has 0 amide bonds. The Morgan fingerprint density at radius 1 is 1.25 bits per heavy atom. The third kappa shape index (κ3) is 5.93. The third-order valence-corrected chi connectivity index (χ3v) is 6.77. The molecule has 36 heavy (non-hydrogen) atoms. The van der Waals surface area contributed by atoms with Crippen molar-refractivity contribution in [3.05, 3.63) is 29.1 Å². The van der Waals surface area contributed by atoms with E-state index in [1.54, 1.807) is 23.0 Å². The van der Waals surface area contributed by atoms with Gasteiger partial charge in [0.1, 0.15) is 30.3 Å². The maximum Gasteiger partial charge on any atom is 0.478 e. The molecule has 0 unspecified atom stereocenters. The molecule has 2 aliphatic rings. The number of rotatable bonds is 6. The van der Waals surface area contributed by atoms with Crippen molar-refractivity contribution in [3.8, 4) is 0 Å². The summed E-state index contributed by atoms with van der Waals surface area (Å²) in [4.78, 5) is 55.7. The highest BCUT2D eigenvalue weighted by molar-refractivity contribution is 7.60. The van der Waals surface area contributed by atoms with Gasteiger partial charge in [-0.05, 0) is 0 Å². The molecule has 4 atom stereocenters. The third-order valence-electron chi connectivity index (χ3n) is 5.07. The summed E-state index contributed by atoms with van der Waals surface area (Å²) in [7, 11) is -6.93. The van der Waals surface area contributed by atoms with Gasteiger partial charge in [-0.3, -0.25) is 4.79 Å². The van der Waals surface area contributed by atoms with Crippen molar-refractivity contribution in [2.24, 2.45) is 0 Å². The zero-order chi connectivity index (χ0) is 27.0. The lowest BCUT2D eigenvalue weighted by atomic mass is 10.1. The van der Waals surface area contributed by atoms with Crippen LogP contribution in [0.2, 0.25) is 0 Å². The second kappa shape index (κ2) is 10.5. The van der Waals surface area contributed by atoms with Crippen LogP contribution in [0.25, 0.3) is 0 Å². The van der Waals surface area contributed by atoms with E-state index >= 15 is 0 Å². The van der Waals surface area contributed by atoms with E-state index in [2.05, 4.69) is 14.3 Å². The first-order chi connectivity index (χ1) is 16.7. The predicted molar refractivity (Wildman–Crippen MR) is 119 cm³/mol. The van der Waals surface area contributed by atoms with Crippen LogP contribution in [-0.2, 0) is 22.9 Å². The SMILES string of the molecule is CO[C@H]1[C@@H](O)[C@H](N2CN(C)c3c2nc(N)n(-n2ccnc2)c3=O)O[C@@H]1CO.O=P(O)(O)OP(=O)(O)O. The summed E-state index contributed by atoms with van der Waals surface area (Å²) in [5, 5.41) is 20.1. The second-order valence-corrected chi connectivity index (χ2v) is 10.1. The maximum atomic E-state index is 13.0. The number of aliphatic hydroxyl groups excluding tert-OH is 2. The summed E-state index contributed by atoms with van der Waals surface area (Å²) in [5.41, 5.74) is 5.96. The van der Waals surface area contributed by atoms with Crippen LogP contribution in [0.4, 0.5) is 17.5 Å². The predicted octanol–water partition coefficient (Wildman–Crippen LogP) is -3.17. The lowest BCUT2D eigenvalue weighted by molar-refractivity contribution is -0.0360. The van der Waals surface area contributed by atoms with E-state index in [4.69, 9.17) is 34.8 Å².